The van der Waals surface area contributed by atoms with Crippen LogP contribution in [0.1, 0.15) is 41.6 Å². The molecule has 0 amide bonds. The molecule has 0 saturated carbocycles. The number of rotatable bonds is 5. The van der Waals surface area contributed by atoms with E-state index in [4.69, 9.17) is 26.8 Å². The first-order valence-electron chi connectivity index (χ1n) is 10.4. The van der Waals surface area contributed by atoms with Crippen LogP contribution in [0.5, 0.6) is 11.5 Å². The molecule has 0 spiro atoms. The molecule has 0 unspecified atom stereocenters. The molecule has 0 fully saturated rings. The van der Waals surface area contributed by atoms with Crippen molar-refractivity contribution >= 4 is 17.4 Å². The number of halogens is 1. The minimum Gasteiger partial charge on any atom is -0.496 e. The Balaban J connectivity index is 1.79. The average molecular weight is 434 g/mol. The predicted molar refractivity (Wildman–Crippen MR) is 122 cm³/mol. The Morgan fingerprint density at radius 3 is 2.68 bits per heavy atom. The van der Waals surface area contributed by atoms with Crippen LogP contribution in [-0.2, 0) is 19.4 Å². The summed E-state index contributed by atoms with van der Waals surface area (Å²) in [6, 6.07) is 15.5. The van der Waals surface area contributed by atoms with Crippen LogP contribution in [0.25, 0.3) is 11.1 Å². The lowest BCUT2D eigenvalue weighted by Crippen LogP contribution is -2.07. The number of pyridine rings is 1. The molecule has 2 N–H and O–H groups in total. The Hall–Kier alpha value is -3.23. The van der Waals surface area contributed by atoms with Crippen LogP contribution in [0, 0.1) is 11.3 Å². The SMILES string of the molecule is COc1ccc(-c2c(C#N)c(N)nc3c2CCCCC3)cc1COc1ccccc1Cl. The van der Waals surface area contributed by atoms with Crippen molar-refractivity contribution < 1.29 is 9.47 Å². The largest absolute Gasteiger partial charge is 0.496 e. The number of anilines is 1. The molecule has 0 atom stereocenters. The van der Waals surface area contributed by atoms with Gasteiger partial charge < -0.3 is 15.2 Å². The Bertz CT molecular complexity index is 1150. The molecule has 1 aliphatic carbocycles. The van der Waals surface area contributed by atoms with E-state index in [0.717, 1.165) is 60.1 Å². The summed E-state index contributed by atoms with van der Waals surface area (Å²) in [5.41, 5.74) is 11.4. The van der Waals surface area contributed by atoms with E-state index >= 15 is 0 Å². The molecule has 0 saturated heterocycles. The molecule has 4 rings (SSSR count). The summed E-state index contributed by atoms with van der Waals surface area (Å²) in [6.45, 7) is 0.283. The van der Waals surface area contributed by atoms with Crippen LogP contribution in [0.15, 0.2) is 42.5 Å². The van der Waals surface area contributed by atoms with Crippen LogP contribution in [-0.4, -0.2) is 12.1 Å². The standard InChI is InChI=1S/C25H24ClN3O2/c1-30-22-12-11-16(13-17(22)15-31-23-10-6-5-8-20(23)26)24-18-7-3-2-4-9-21(18)29-25(28)19(24)14-27/h5-6,8,10-13H,2-4,7,9,15H2,1H3,(H2,28,29). The first-order chi connectivity index (χ1) is 15.1. The van der Waals surface area contributed by atoms with Gasteiger partial charge in [0.2, 0.25) is 0 Å². The first kappa shape index (κ1) is 21.0. The summed E-state index contributed by atoms with van der Waals surface area (Å²) in [4.78, 5) is 4.56. The summed E-state index contributed by atoms with van der Waals surface area (Å²) < 4.78 is 11.5. The molecule has 2 aromatic carbocycles. The number of methoxy groups -OCH3 is 1. The lowest BCUT2D eigenvalue weighted by molar-refractivity contribution is 0.297. The van der Waals surface area contributed by atoms with Crippen LogP contribution < -0.4 is 15.2 Å². The molecule has 1 aliphatic rings. The van der Waals surface area contributed by atoms with E-state index < -0.39 is 0 Å². The van der Waals surface area contributed by atoms with Crippen LogP contribution >= 0.6 is 11.6 Å². The quantitative estimate of drug-likeness (QED) is 0.521. The van der Waals surface area contributed by atoms with E-state index in [1.807, 2.05) is 36.4 Å². The number of para-hydroxylation sites is 1. The summed E-state index contributed by atoms with van der Waals surface area (Å²) in [5, 5.41) is 10.4. The molecular weight excluding hydrogens is 410 g/mol. The fourth-order valence-corrected chi connectivity index (χ4v) is 4.33. The number of hydrogen-bond donors (Lipinski definition) is 1. The highest BCUT2D eigenvalue weighted by molar-refractivity contribution is 6.32. The molecule has 5 nitrogen and oxygen atoms in total. The van der Waals surface area contributed by atoms with Gasteiger partial charge in [-0.1, -0.05) is 36.2 Å². The van der Waals surface area contributed by atoms with E-state index in [0.29, 0.717) is 27.9 Å². The van der Waals surface area contributed by atoms with Gasteiger partial charge in [0.1, 0.15) is 35.6 Å². The fraction of sp³-hybridized carbons (Fsp3) is 0.280. The Morgan fingerprint density at radius 2 is 1.90 bits per heavy atom. The summed E-state index contributed by atoms with van der Waals surface area (Å²) in [7, 11) is 1.63. The number of nitrogen functional groups attached to an aromatic ring is 1. The van der Waals surface area contributed by atoms with Crippen molar-refractivity contribution in [1.82, 2.24) is 4.98 Å². The molecule has 31 heavy (non-hydrogen) atoms. The number of nitrogens with zero attached hydrogens (tertiary/aromatic N) is 2. The lowest BCUT2D eigenvalue weighted by atomic mass is 9.91. The van der Waals surface area contributed by atoms with Crippen LogP contribution in [0.3, 0.4) is 0 Å². The third kappa shape index (κ3) is 4.30. The number of ether oxygens (including phenoxy) is 2. The highest BCUT2D eigenvalue weighted by atomic mass is 35.5. The van der Waals surface area contributed by atoms with Gasteiger partial charge >= 0.3 is 0 Å². The molecule has 158 valence electrons. The zero-order valence-corrected chi connectivity index (χ0v) is 18.2. The number of hydrogen-bond acceptors (Lipinski definition) is 5. The molecule has 0 bridgehead atoms. The van der Waals surface area contributed by atoms with Gasteiger partial charge in [0, 0.05) is 16.8 Å². The highest BCUT2D eigenvalue weighted by Gasteiger charge is 2.22. The number of aryl methyl sites for hydroxylation is 1. The Morgan fingerprint density at radius 1 is 1.10 bits per heavy atom. The van der Waals surface area contributed by atoms with Gasteiger partial charge in [0.25, 0.3) is 0 Å². The minimum absolute atomic E-state index is 0.283. The van der Waals surface area contributed by atoms with Gasteiger partial charge in [-0.2, -0.15) is 5.26 Å². The summed E-state index contributed by atoms with van der Waals surface area (Å²) in [5.74, 6) is 1.61. The number of fused-ring (bicyclic) bond motifs is 1. The number of aromatic nitrogens is 1. The van der Waals surface area contributed by atoms with Crippen molar-refractivity contribution in [3.8, 4) is 28.7 Å². The van der Waals surface area contributed by atoms with E-state index in [1.54, 1.807) is 13.2 Å². The van der Waals surface area contributed by atoms with Gasteiger partial charge in [0.15, 0.2) is 0 Å². The maximum atomic E-state index is 9.85. The molecule has 3 aromatic rings. The monoisotopic (exact) mass is 433 g/mol. The first-order valence-corrected chi connectivity index (χ1v) is 10.8. The third-order valence-electron chi connectivity index (χ3n) is 5.65. The van der Waals surface area contributed by atoms with E-state index in [2.05, 4.69) is 11.1 Å². The number of nitriles is 1. The minimum atomic E-state index is 0.283. The zero-order valence-electron chi connectivity index (χ0n) is 17.5. The van der Waals surface area contributed by atoms with Gasteiger partial charge in [-0.05, 0) is 61.1 Å². The normalized spacial score (nSPS) is 13.1. The van der Waals surface area contributed by atoms with Gasteiger partial charge in [-0.25, -0.2) is 4.98 Å². The second-order valence-corrected chi connectivity index (χ2v) is 8.00. The third-order valence-corrected chi connectivity index (χ3v) is 5.96. The predicted octanol–water partition coefficient (Wildman–Crippen LogP) is 5.71. The molecule has 0 aliphatic heterocycles. The molecule has 1 aromatic heterocycles. The van der Waals surface area contributed by atoms with Crippen molar-refractivity contribution in [2.75, 3.05) is 12.8 Å². The topological polar surface area (TPSA) is 81.2 Å². The summed E-state index contributed by atoms with van der Waals surface area (Å²) in [6.07, 6.45) is 5.09. The Kier molecular flexibility index (Phi) is 6.29. The fourth-order valence-electron chi connectivity index (χ4n) is 4.14. The maximum absolute atomic E-state index is 9.85. The zero-order chi connectivity index (χ0) is 21.8. The van der Waals surface area contributed by atoms with Crippen LogP contribution in [0.4, 0.5) is 5.82 Å². The van der Waals surface area contributed by atoms with E-state index in [1.165, 1.54) is 0 Å². The lowest BCUT2D eigenvalue weighted by Gasteiger charge is -2.18. The molecule has 1 heterocycles. The Labute approximate surface area is 187 Å². The second kappa shape index (κ2) is 9.28. The van der Waals surface area contributed by atoms with Crippen LogP contribution in [0.2, 0.25) is 5.02 Å². The van der Waals surface area contributed by atoms with Crippen molar-refractivity contribution in [2.24, 2.45) is 0 Å². The average Bonchev–Trinajstić information content (AvgIpc) is 3.02. The second-order valence-electron chi connectivity index (χ2n) is 7.59. The van der Waals surface area contributed by atoms with Crippen molar-refractivity contribution in [1.29, 1.82) is 5.26 Å². The van der Waals surface area contributed by atoms with Gasteiger partial charge in [-0.3, -0.25) is 0 Å². The van der Waals surface area contributed by atoms with E-state index in [-0.39, 0.29) is 6.61 Å². The van der Waals surface area contributed by atoms with Crippen molar-refractivity contribution in [3.05, 3.63) is 69.9 Å². The summed E-state index contributed by atoms with van der Waals surface area (Å²) >= 11 is 6.23. The van der Waals surface area contributed by atoms with E-state index in [9.17, 15) is 5.26 Å². The highest BCUT2D eigenvalue weighted by Crippen LogP contribution is 2.37. The number of nitrogens with two attached hydrogens (primary N) is 1. The van der Waals surface area contributed by atoms with Gasteiger partial charge in [0.05, 0.1) is 12.1 Å². The van der Waals surface area contributed by atoms with Crippen molar-refractivity contribution in [3.63, 3.8) is 0 Å². The van der Waals surface area contributed by atoms with Gasteiger partial charge in [-0.15, -0.1) is 0 Å². The molecular formula is C25H24ClN3O2. The smallest absolute Gasteiger partial charge is 0.142 e. The molecule has 0 radical (unpaired) electrons. The number of benzene rings is 2. The van der Waals surface area contributed by atoms with Crippen molar-refractivity contribution in [2.45, 2.75) is 38.7 Å². The maximum Gasteiger partial charge on any atom is 0.142 e. The molecule has 6 heteroatoms.